The number of ether oxygens (including phenoxy) is 1. The van der Waals surface area contributed by atoms with Gasteiger partial charge in [-0.05, 0) is 36.9 Å². The molecular weight excluding hydrogens is 521 g/mol. The third-order valence-electron chi connectivity index (χ3n) is 7.42. The Morgan fingerprint density at radius 1 is 1.23 bits per heavy atom. The highest BCUT2D eigenvalue weighted by Crippen LogP contribution is 2.39. The number of carbonyl (C=O) groups excluding carboxylic acids is 4. The van der Waals surface area contributed by atoms with Gasteiger partial charge in [-0.3, -0.25) is 24.5 Å². The van der Waals surface area contributed by atoms with Crippen LogP contribution in [0.15, 0.2) is 40.8 Å². The molecule has 4 N–H and O–H groups in total. The number of amides is 4. The lowest BCUT2D eigenvalue weighted by Crippen LogP contribution is -2.46. The van der Waals surface area contributed by atoms with Gasteiger partial charge in [0.2, 0.25) is 11.8 Å². The molecule has 1 aromatic heterocycles. The fourth-order valence-corrected chi connectivity index (χ4v) is 5.23. The summed E-state index contributed by atoms with van der Waals surface area (Å²) >= 11 is 0. The summed E-state index contributed by atoms with van der Waals surface area (Å²) in [7, 11) is 3.37. The molecule has 2 aliphatic rings. The van der Waals surface area contributed by atoms with Crippen LogP contribution in [-0.2, 0) is 21.5 Å². The van der Waals surface area contributed by atoms with E-state index in [2.05, 4.69) is 10.6 Å². The first-order valence-corrected chi connectivity index (χ1v) is 12.9. The fraction of sp³-hybridized carbons (Fsp3) is 0.357. The predicted octanol–water partition coefficient (Wildman–Crippen LogP) is 1.14. The molecule has 40 heavy (non-hydrogen) atoms. The number of methoxy groups -OCH3 is 1. The predicted molar refractivity (Wildman–Crippen MR) is 142 cm³/mol. The van der Waals surface area contributed by atoms with Crippen molar-refractivity contribution in [2.75, 3.05) is 46.9 Å². The molecule has 0 spiro atoms. The molecule has 0 bridgehead atoms. The van der Waals surface area contributed by atoms with Crippen molar-refractivity contribution in [1.82, 2.24) is 20.4 Å². The Morgan fingerprint density at radius 2 is 2.02 bits per heavy atom. The molecule has 210 valence electrons. The van der Waals surface area contributed by atoms with Crippen molar-refractivity contribution < 1.29 is 32.7 Å². The molecule has 4 amide bonds. The standard InChI is InChI=1S/C28H30FN5O6/c1-33(7-5-30)8-6-31-25(36)20-9-17-10-23(40-22(17)12-21(20)29)28(13-24(35)32-27(28)38)15-34-14-16-3-4-18(39-2)11-19(16)26(34)37/h3-4,9-12H,5-8,13-15,30H2,1-2H3,(H,31,36)(H,32,35,38)/t28-/m1/s1. The summed E-state index contributed by atoms with van der Waals surface area (Å²) in [6.07, 6.45) is -0.249. The third-order valence-corrected chi connectivity index (χ3v) is 7.42. The largest absolute Gasteiger partial charge is 0.497 e. The maximum absolute atomic E-state index is 14.9. The molecule has 11 nitrogen and oxygen atoms in total. The fourth-order valence-electron chi connectivity index (χ4n) is 5.23. The van der Waals surface area contributed by atoms with E-state index in [-0.39, 0.29) is 42.3 Å². The molecule has 1 fully saturated rings. The summed E-state index contributed by atoms with van der Waals surface area (Å²) in [4.78, 5) is 55.0. The highest BCUT2D eigenvalue weighted by molar-refractivity contribution is 6.10. The number of hydrogen-bond acceptors (Lipinski definition) is 8. The lowest BCUT2D eigenvalue weighted by Gasteiger charge is -2.28. The van der Waals surface area contributed by atoms with Crippen molar-refractivity contribution in [3.05, 3.63) is 64.7 Å². The number of hydrogen-bond donors (Lipinski definition) is 3. The molecule has 3 heterocycles. The van der Waals surface area contributed by atoms with E-state index in [1.165, 1.54) is 24.1 Å². The van der Waals surface area contributed by atoms with Crippen LogP contribution in [0.25, 0.3) is 11.0 Å². The van der Waals surface area contributed by atoms with Gasteiger partial charge < -0.3 is 30.0 Å². The quantitative estimate of drug-likeness (QED) is 0.318. The van der Waals surface area contributed by atoms with E-state index in [0.29, 0.717) is 42.9 Å². The molecule has 1 saturated heterocycles. The number of likely N-dealkylation sites (N-methyl/N-ethyl adjacent to an activating group) is 1. The van der Waals surface area contributed by atoms with Crippen LogP contribution >= 0.6 is 0 Å². The zero-order chi connectivity index (χ0) is 28.6. The van der Waals surface area contributed by atoms with E-state index >= 15 is 0 Å². The molecule has 0 unspecified atom stereocenters. The minimum Gasteiger partial charge on any atom is -0.497 e. The number of imide groups is 1. The van der Waals surface area contributed by atoms with Crippen LogP contribution in [0.4, 0.5) is 4.39 Å². The smallest absolute Gasteiger partial charge is 0.254 e. The first kappa shape index (κ1) is 27.3. The van der Waals surface area contributed by atoms with Crippen LogP contribution < -0.4 is 21.1 Å². The second kappa shape index (κ2) is 10.7. The van der Waals surface area contributed by atoms with Crippen molar-refractivity contribution in [3.63, 3.8) is 0 Å². The van der Waals surface area contributed by atoms with Gasteiger partial charge in [0, 0.05) is 56.3 Å². The number of fused-ring (bicyclic) bond motifs is 2. The van der Waals surface area contributed by atoms with Crippen molar-refractivity contribution in [1.29, 1.82) is 0 Å². The Hall–Kier alpha value is -4.29. The van der Waals surface area contributed by atoms with E-state index in [9.17, 15) is 23.6 Å². The number of benzene rings is 2. The first-order valence-electron chi connectivity index (χ1n) is 12.9. The minimum atomic E-state index is -1.52. The Kier molecular flexibility index (Phi) is 7.30. The monoisotopic (exact) mass is 551 g/mol. The molecule has 1 atom stereocenters. The molecule has 0 aliphatic carbocycles. The van der Waals surface area contributed by atoms with E-state index in [4.69, 9.17) is 14.9 Å². The molecular formula is C28H30FN5O6. The second-order valence-electron chi connectivity index (χ2n) is 10.1. The van der Waals surface area contributed by atoms with Gasteiger partial charge in [-0.2, -0.15) is 0 Å². The van der Waals surface area contributed by atoms with Crippen molar-refractivity contribution in [3.8, 4) is 5.75 Å². The summed E-state index contributed by atoms with van der Waals surface area (Å²) in [5.41, 5.74) is 5.15. The summed E-state index contributed by atoms with van der Waals surface area (Å²) in [5, 5.41) is 5.39. The van der Waals surface area contributed by atoms with Crippen molar-refractivity contribution >= 4 is 34.6 Å². The van der Waals surface area contributed by atoms with Gasteiger partial charge in [0.1, 0.15) is 28.3 Å². The highest BCUT2D eigenvalue weighted by Gasteiger charge is 2.53. The highest BCUT2D eigenvalue weighted by atomic mass is 19.1. The van der Waals surface area contributed by atoms with E-state index in [0.717, 1.165) is 11.6 Å². The van der Waals surface area contributed by atoms with Gasteiger partial charge >= 0.3 is 0 Å². The SMILES string of the molecule is COc1ccc2c(c1)C(=O)N(C[C@@]1(c3cc4cc(C(=O)NCCN(C)CCN)c(F)cc4o3)CC(=O)NC1=O)C2. The number of rotatable bonds is 10. The Morgan fingerprint density at radius 3 is 2.73 bits per heavy atom. The van der Waals surface area contributed by atoms with E-state index < -0.39 is 29.0 Å². The topological polar surface area (TPSA) is 147 Å². The Labute approximate surface area is 229 Å². The van der Waals surface area contributed by atoms with Gasteiger partial charge in [0.25, 0.3) is 11.8 Å². The van der Waals surface area contributed by atoms with Crippen LogP contribution in [0.5, 0.6) is 5.75 Å². The molecule has 2 aliphatic heterocycles. The Balaban J connectivity index is 1.42. The second-order valence-corrected chi connectivity index (χ2v) is 10.1. The average molecular weight is 552 g/mol. The summed E-state index contributed by atoms with van der Waals surface area (Å²) in [5.74, 6) is -2.19. The van der Waals surface area contributed by atoms with Crippen LogP contribution in [0.2, 0.25) is 0 Å². The van der Waals surface area contributed by atoms with E-state index in [1.807, 2.05) is 11.9 Å². The number of furan rings is 1. The first-order chi connectivity index (χ1) is 19.1. The molecule has 5 rings (SSSR count). The van der Waals surface area contributed by atoms with Gasteiger partial charge in [-0.1, -0.05) is 6.07 Å². The van der Waals surface area contributed by atoms with Gasteiger partial charge in [0.15, 0.2) is 0 Å². The summed E-state index contributed by atoms with van der Waals surface area (Å²) in [6.45, 7) is 2.09. The molecule has 0 radical (unpaired) electrons. The van der Waals surface area contributed by atoms with Gasteiger partial charge in [-0.15, -0.1) is 0 Å². The molecule has 2 aromatic carbocycles. The zero-order valence-corrected chi connectivity index (χ0v) is 22.2. The van der Waals surface area contributed by atoms with Crippen molar-refractivity contribution in [2.24, 2.45) is 5.73 Å². The van der Waals surface area contributed by atoms with Gasteiger partial charge in [-0.25, -0.2) is 4.39 Å². The molecule has 12 heteroatoms. The van der Waals surface area contributed by atoms with Crippen LogP contribution in [-0.4, -0.2) is 80.3 Å². The van der Waals surface area contributed by atoms with Crippen LogP contribution in [0.1, 0.15) is 38.5 Å². The minimum absolute atomic E-state index is 0.104. The molecule has 0 saturated carbocycles. The summed E-state index contributed by atoms with van der Waals surface area (Å²) < 4.78 is 26.1. The summed E-state index contributed by atoms with van der Waals surface area (Å²) in [6, 6.07) is 9.12. The number of nitrogens with one attached hydrogen (secondary N) is 2. The number of nitrogens with zero attached hydrogens (tertiary/aromatic N) is 2. The normalized spacial score (nSPS) is 18.5. The number of halogens is 1. The number of carbonyl (C=O) groups is 4. The van der Waals surface area contributed by atoms with Crippen LogP contribution in [0, 0.1) is 5.82 Å². The lowest BCUT2D eigenvalue weighted by molar-refractivity contribution is -0.127. The maximum Gasteiger partial charge on any atom is 0.254 e. The maximum atomic E-state index is 14.9. The zero-order valence-electron chi connectivity index (χ0n) is 22.2. The van der Waals surface area contributed by atoms with Crippen molar-refractivity contribution in [2.45, 2.75) is 18.4 Å². The lowest BCUT2D eigenvalue weighted by atomic mass is 9.82. The third kappa shape index (κ3) is 4.91. The Bertz CT molecular complexity index is 1520. The number of nitrogens with two attached hydrogens (primary N) is 1. The average Bonchev–Trinajstić information content (AvgIpc) is 3.56. The van der Waals surface area contributed by atoms with Gasteiger partial charge in [0.05, 0.1) is 19.1 Å². The molecule has 3 aromatic rings. The van der Waals surface area contributed by atoms with Crippen LogP contribution in [0.3, 0.4) is 0 Å². The van der Waals surface area contributed by atoms with E-state index in [1.54, 1.807) is 18.2 Å².